The van der Waals surface area contributed by atoms with Crippen molar-refractivity contribution in [3.05, 3.63) is 34.9 Å². The van der Waals surface area contributed by atoms with Crippen molar-refractivity contribution in [3.63, 3.8) is 0 Å². The van der Waals surface area contributed by atoms with Crippen LogP contribution in [-0.4, -0.2) is 5.11 Å². The molecule has 1 aliphatic rings. The molecule has 1 aromatic carbocycles. The molecule has 0 aliphatic heterocycles. The van der Waals surface area contributed by atoms with E-state index in [1.54, 1.807) is 0 Å². The van der Waals surface area contributed by atoms with Gasteiger partial charge in [0.25, 0.3) is 0 Å². The molecular formula is C15H20O. The molecule has 1 heteroatoms. The third-order valence-electron chi connectivity index (χ3n) is 3.42. The average Bonchev–Trinajstić information content (AvgIpc) is 2.22. The summed E-state index contributed by atoms with van der Waals surface area (Å²) in [7, 11) is 0. The summed E-state index contributed by atoms with van der Waals surface area (Å²) < 4.78 is 0. The highest BCUT2D eigenvalue weighted by Gasteiger charge is 2.28. The van der Waals surface area contributed by atoms with Gasteiger partial charge in [0.05, 0.1) is 0 Å². The van der Waals surface area contributed by atoms with Crippen LogP contribution in [0.25, 0.3) is 6.08 Å². The summed E-state index contributed by atoms with van der Waals surface area (Å²) >= 11 is 0. The monoisotopic (exact) mass is 216 g/mol. The van der Waals surface area contributed by atoms with E-state index < -0.39 is 0 Å². The first-order valence-corrected chi connectivity index (χ1v) is 6.08. The lowest BCUT2D eigenvalue weighted by atomic mass is 9.73. The fourth-order valence-corrected chi connectivity index (χ4v) is 2.68. The molecule has 0 spiro atoms. The molecule has 0 fully saturated rings. The SMILES string of the molecule is CCCc1c(O)ccc2c1C(C)(C)CC=C2. The van der Waals surface area contributed by atoms with E-state index in [4.69, 9.17) is 0 Å². The maximum absolute atomic E-state index is 10.0. The van der Waals surface area contributed by atoms with Gasteiger partial charge < -0.3 is 5.11 Å². The van der Waals surface area contributed by atoms with Crippen LogP contribution < -0.4 is 0 Å². The lowest BCUT2D eigenvalue weighted by Crippen LogP contribution is -2.22. The smallest absolute Gasteiger partial charge is 0.119 e. The van der Waals surface area contributed by atoms with Crippen LogP contribution in [0.5, 0.6) is 5.75 Å². The standard InChI is InChI=1S/C15H20O/c1-4-6-12-13(16)9-8-11-7-5-10-15(2,3)14(11)12/h5,7-9,16H,4,6,10H2,1-3H3. The summed E-state index contributed by atoms with van der Waals surface area (Å²) in [6.07, 6.45) is 7.50. The largest absolute Gasteiger partial charge is 0.508 e. The van der Waals surface area contributed by atoms with Gasteiger partial charge in [-0.05, 0) is 41.0 Å². The molecule has 2 rings (SSSR count). The molecule has 0 heterocycles. The lowest BCUT2D eigenvalue weighted by molar-refractivity contribution is 0.456. The number of benzene rings is 1. The minimum atomic E-state index is 0.146. The third kappa shape index (κ3) is 1.75. The summed E-state index contributed by atoms with van der Waals surface area (Å²) in [5.74, 6) is 0.462. The number of phenolic OH excluding ortho intramolecular Hbond substituents is 1. The Bertz CT molecular complexity index is 427. The first-order chi connectivity index (χ1) is 7.56. The van der Waals surface area contributed by atoms with Crippen LogP contribution in [0.2, 0.25) is 0 Å². The van der Waals surface area contributed by atoms with Gasteiger partial charge in [0.2, 0.25) is 0 Å². The van der Waals surface area contributed by atoms with Crippen molar-refractivity contribution in [3.8, 4) is 5.75 Å². The normalized spacial score (nSPS) is 17.2. The van der Waals surface area contributed by atoms with Gasteiger partial charge >= 0.3 is 0 Å². The van der Waals surface area contributed by atoms with Crippen LogP contribution in [0.1, 0.15) is 50.3 Å². The van der Waals surface area contributed by atoms with Crippen LogP contribution in [0.3, 0.4) is 0 Å². The predicted molar refractivity (Wildman–Crippen MR) is 68.8 cm³/mol. The van der Waals surface area contributed by atoms with Crippen LogP contribution >= 0.6 is 0 Å². The number of phenols is 1. The van der Waals surface area contributed by atoms with Crippen molar-refractivity contribution in [1.82, 2.24) is 0 Å². The maximum Gasteiger partial charge on any atom is 0.119 e. The van der Waals surface area contributed by atoms with E-state index in [1.165, 1.54) is 11.1 Å². The van der Waals surface area contributed by atoms with Gasteiger partial charge in [-0.25, -0.2) is 0 Å². The Morgan fingerprint density at radius 1 is 1.31 bits per heavy atom. The van der Waals surface area contributed by atoms with E-state index in [-0.39, 0.29) is 5.41 Å². The molecule has 0 aromatic heterocycles. The van der Waals surface area contributed by atoms with Gasteiger partial charge in [-0.2, -0.15) is 0 Å². The second kappa shape index (κ2) is 3.97. The van der Waals surface area contributed by atoms with E-state index in [2.05, 4.69) is 32.9 Å². The Morgan fingerprint density at radius 3 is 2.75 bits per heavy atom. The highest BCUT2D eigenvalue weighted by atomic mass is 16.3. The summed E-state index contributed by atoms with van der Waals surface area (Å²) in [5.41, 5.74) is 3.91. The zero-order valence-electron chi connectivity index (χ0n) is 10.4. The molecule has 0 bridgehead atoms. The Hall–Kier alpha value is -1.24. The van der Waals surface area contributed by atoms with Gasteiger partial charge in [-0.1, -0.05) is 45.4 Å². The van der Waals surface area contributed by atoms with E-state index in [0.29, 0.717) is 5.75 Å². The Kier molecular flexibility index (Phi) is 2.79. The lowest BCUT2D eigenvalue weighted by Gasteiger charge is -2.32. The van der Waals surface area contributed by atoms with Crippen molar-refractivity contribution in [2.75, 3.05) is 0 Å². The van der Waals surface area contributed by atoms with Crippen LogP contribution in [0.4, 0.5) is 0 Å². The molecule has 0 atom stereocenters. The van der Waals surface area contributed by atoms with Crippen LogP contribution in [0, 0.1) is 0 Å². The summed E-state index contributed by atoms with van der Waals surface area (Å²) in [4.78, 5) is 0. The van der Waals surface area contributed by atoms with Gasteiger partial charge in [-0.15, -0.1) is 0 Å². The number of allylic oxidation sites excluding steroid dienone is 1. The topological polar surface area (TPSA) is 20.2 Å². The van der Waals surface area contributed by atoms with Crippen molar-refractivity contribution < 1.29 is 5.11 Å². The molecule has 0 amide bonds. The second-order valence-electron chi connectivity index (χ2n) is 5.27. The molecule has 16 heavy (non-hydrogen) atoms. The zero-order chi connectivity index (χ0) is 11.8. The van der Waals surface area contributed by atoms with Crippen molar-refractivity contribution in [2.45, 2.75) is 45.4 Å². The molecule has 0 radical (unpaired) electrons. The summed E-state index contributed by atoms with van der Waals surface area (Å²) in [6, 6.07) is 3.86. The summed E-state index contributed by atoms with van der Waals surface area (Å²) in [5, 5.41) is 10.0. The van der Waals surface area contributed by atoms with Crippen LogP contribution in [-0.2, 0) is 11.8 Å². The molecule has 86 valence electrons. The highest BCUT2D eigenvalue weighted by molar-refractivity contribution is 5.64. The second-order valence-corrected chi connectivity index (χ2v) is 5.27. The fourth-order valence-electron chi connectivity index (χ4n) is 2.68. The fraction of sp³-hybridized carbons (Fsp3) is 0.467. The minimum absolute atomic E-state index is 0.146. The molecule has 1 nitrogen and oxygen atoms in total. The van der Waals surface area contributed by atoms with E-state index in [0.717, 1.165) is 24.8 Å². The number of rotatable bonds is 2. The molecule has 1 N–H and O–H groups in total. The van der Waals surface area contributed by atoms with E-state index >= 15 is 0 Å². The molecular weight excluding hydrogens is 196 g/mol. The summed E-state index contributed by atoms with van der Waals surface area (Å²) in [6.45, 7) is 6.67. The number of hydrogen-bond acceptors (Lipinski definition) is 1. The molecule has 0 saturated heterocycles. The van der Waals surface area contributed by atoms with Crippen molar-refractivity contribution in [1.29, 1.82) is 0 Å². The molecule has 1 aromatic rings. The van der Waals surface area contributed by atoms with E-state index in [9.17, 15) is 5.11 Å². The van der Waals surface area contributed by atoms with Gasteiger partial charge in [0, 0.05) is 0 Å². The van der Waals surface area contributed by atoms with Gasteiger partial charge in [0.1, 0.15) is 5.75 Å². The number of aromatic hydroxyl groups is 1. The molecule has 1 aliphatic carbocycles. The number of fused-ring (bicyclic) bond motifs is 1. The Labute approximate surface area is 97.8 Å². The zero-order valence-corrected chi connectivity index (χ0v) is 10.4. The van der Waals surface area contributed by atoms with Gasteiger partial charge in [-0.3, -0.25) is 0 Å². The minimum Gasteiger partial charge on any atom is -0.508 e. The third-order valence-corrected chi connectivity index (χ3v) is 3.42. The van der Waals surface area contributed by atoms with Crippen molar-refractivity contribution in [2.24, 2.45) is 0 Å². The Morgan fingerprint density at radius 2 is 2.06 bits per heavy atom. The first kappa shape index (κ1) is 11.3. The van der Waals surface area contributed by atoms with E-state index in [1.807, 2.05) is 12.1 Å². The van der Waals surface area contributed by atoms with Crippen molar-refractivity contribution >= 4 is 6.08 Å². The Balaban J connectivity index is 2.64. The number of hydrogen-bond donors (Lipinski definition) is 1. The quantitative estimate of drug-likeness (QED) is 0.791. The highest BCUT2D eigenvalue weighted by Crippen LogP contribution is 2.40. The van der Waals surface area contributed by atoms with Gasteiger partial charge in [0.15, 0.2) is 0 Å². The average molecular weight is 216 g/mol. The molecule has 0 saturated carbocycles. The predicted octanol–water partition coefficient (Wildman–Crippen LogP) is 4.04. The first-order valence-electron chi connectivity index (χ1n) is 6.08. The molecule has 0 unspecified atom stereocenters. The van der Waals surface area contributed by atoms with Crippen LogP contribution in [0.15, 0.2) is 18.2 Å². The maximum atomic E-state index is 10.0.